The number of hydrogen-bond acceptors (Lipinski definition) is 4. The number of nitrogens with zero attached hydrogens (tertiary/aromatic N) is 1. The fourth-order valence-electron chi connectivity index (χ4n) is 1.63. The molecule has 0 atom stereocenters. The number of carboxylic acids is 1. The van der Waals surface area contributed by atoms with E-state index < -0.39 is 16.0 Å². The molecule has 0 saturated heterocycles. The molecule has 1 heterocycles. The standard InChI is InChI=1S/C9H12N2O4S/c10-16(14,15)7-3-4-11(5-6-1-2-6)8(7)9(12)13/h3-4,6H,1-2,5H2,(H,12,13)(H2,10,14,15)/p-1. The van der Waals surface area contributed by atoms with E-state index in [0.717, 1.165) is 12.8 Å². The minimum Gasteiger partial charge on any atom is -0.543 e. The Morgan fingerprint density at radius 1 is 1.56 bits per heavy atom. The molecular weight excluding hydrogens is 232 g/mol. The first-order valence-electron chi connectivity index (χ1n) is 4.83. The first-order valence-corrected chi connectivity index (χ1v) is 6.37. The Balaban J connectivity index is 2.46. The van der Waals surface area contributed by atoms with Gasteiger partial charge in [-0.3, -0.25) is 0 Å². The van der Waals surface area contributed by atoms with Crippen LogP contribution in [0.3, 0.4) is 0 Å². The second kappa shape index (κ2) is 3.60. The fourth-order valence-corrected chi connectivity index (χ4v) is 2.35. The van der Waals surface area contributed by atoms with Gasteiger partial charge in [0.05, 0.1) is 11.7 Å². The monoisotopic (exact) mass is 243 g/mol. The van der Waals surface area contributed by atoms with Crippen LogP contribution >= 0.6 is 0 Å². The SMILES string of the molecule is NS(=O)(=O)c1ccn(CC2CC2)c1C(=O)[O-]. The van der Waals surface area contributed by atoms with Crippen LogP contribution in [0.1, 0.15) is 23.3 Å². The molecular formula is C9H11N2O4S-. The largest absolute Gasteiger partial charge is 0.543 e. The molecule has 0 amide bonds. The van der Waals surface area contributed by atoms with E-state index in [1.165, 1.54) is 16.8 Å². The molecule has 1 aromatic rings. The van der Waals surface area contributed by atoms with Crippen molar-refractivity contribution < 1.29 is 18.3 Å². The number of carbonyl (C=O) groups excluding carboxylic acids is 1. The molecule has 0 spiro atoms. The summed E-state index contributed by atoms with van der Waals surface area (Å²) >= 11 is 0. The third-order valence-corrected chi connectivity index (χ3v) is 3.52. The van der Waals surface area contributed by atoms with E-state index in [-0.39, 0.29) is 10.6 Å². The fraction of sp³-hybridized carbons (Fsp3) is 0.444. The Hall–Kier alpha value is -1.34. The number of hydrogen-bond donors (Lipinski definition) is 1. The molecule has 1 aliphatic carbocycles. The van der Waals surface area contributed by atoms with Crippen molar-refractivity contribution in [2.45, 2.75) is 24.3 Å². The van der Waals surface area contributed by atoms with Crippen molar-refractivity contribution in [3.63, 3.8) is 0 Å². The molecule has 88 valence electrons. The predicted molar refractivity (Wildman–Crippen MR) is 52.9 cm³/mol. The number of rotatable bonds is 4. The Morgan fingerprint density at radius 3 is 2.62 bits per heavy atom. The zero-order chi connectivity index (χ0) is 11.9. The van der Waals surface area contributed by atoms with Crippen LogP contribution < -0.4 is 10.2 Å². The summed E-state index contributed by atoms with van der Waals surface area (Å²) in [7, 11) is -4.01. The van der Waals surface area contributed by atoms with Gasteiger partial charge in [-0.25, -0.2) is 13.6 Å². The molecule has 16 heavy (non-hydrogen) atoms. The third-order valence-electron chi connectivity index (χ3n) is 2.58. The molecule has 2 N–H and O–H groups in total. The maximum absolute atomic E-state index is 11.1. The van der Waals surface area contributed by atoms with Crippen LogP contribution in [-0.4, -0.2) is 19.0 Å². The summed E-state index contributed by atoms with van der Waals surface area (Å²) < 4.78 is 23.7. The molecule has 0 bridgehead atoms. The van der Waals surface area contributed by atoms with Gasteiger partial charge >= 0.3 is 0 Å². The Labute approximate surface area is 92.7 Å². The van der Waals surface area contributed by atoms with E-state index in [0.29, 0.717) is 12.5 Å². The second-order valence-electron chi connectivity index (χ2n) is 3.96. The van der Waals surface area contributed by atoms with Gasteiger partial charge in [0, 0.05) is 12.7 Å². The van der Waals surface area contributed by atoms with Crippen LogP contribution in [0.5, 0.6) is 0 Å². The van der Waals surface area contributed by atoms with Crippen LogP contribution in [0.4, 0.5) is 0 Å². The number of nitrogens with two attached hydrogens (primary N) is 1. The van der Waals surface area contributed by atoms with Gasteiger partial charge in [0.25, 0.3) is 0 Å². The van der Waals surface area contributed by atoms with Crippen LogP contribution in [-0.2, 0) is 16.6 Å². The second-order valence-corrected chi connectivity index (χ2v) is 5.49. The average Bonchev–Trinajstić information content (AvgIpc) is 2.80. The van der Waals surface area contributed by atoms with Crippen molar-refractivity contribution in [1.29, 1.82) is 0 Å². The highest BCUT2D eigenvalue weighted by molar-refractivity contribution is 7.89. The Bertz CT molecular complexity index is 528. The number of primary sulfonamides is 1. The van der Waals surface area contributed by atoms with Crippen LogP contribution in [0.2, 0.25) is 0 Å². The third kappa shape index (κ3) is 2.10. The lowest BCUT2D eigenvalue weighted by atomic mass is 10.4. The quantitative estimate of drug-likeness (QED) is 0.725. The molecule has 1 aromatic heterocycles. The number of carbonyl (C=O) groups is 1. The zero-order valence-electron chi connectivity index (χ0n) is 8.42. The highest BCUT2D eigenvalue weighted by Crippen LogP contribution is 2.31. The van der Waals surface area contributed by atoms with Gasteiger partial charge in [0.2, 0.25) is 10.0 Å². The Morgan fingerprint density at radius 2 is 2.19 bits per heavy atom. The van der Waals surface area contributed by atoms with Gasteiger partial charge in [0.15, 0.2) is 0 Å². The molecule has 1 aliphatic rings. The van der Waals surface area contributed by atoms with Gasteiger partial charge in [-0.05, 0) is 24.8 Å². The number of aromatic carboxylic acids is 1. The number of sulfonamides is 1. The molecule has 7 heteroatoms. The summed E-state index contributed by atoms with van der Waals surface area (Å²) in [5, 5.41) is 15.8. The van der Waals surface area contributed by atoms with E-state index in [1.807, 2.05) is 0 Å². The molecule has 2 rings (SSSR count). The number of carboxylic acid groups (broad SMARTS) is 1. The summed E-state index contributed by atoms with van der Waals surface area (Å²) in [6.45, 7) is 0.499. The normalized spacial score (nSPS) is 16.3. The van der Waals surface area contributed by atoms with Gasteiger partial charge in [-0.15, -0.1) is 0 Å². The lowest BCUT2D eigenvalue weighted by molar-refractivity contribution is -0.256. The lowest BCUT2D eigenvalue weighted by Crippen LogP contribution is -2.29. The van der Waals surface area contributed by atoms with Crippen LogP contribution in [0.15, 0.2) is 17.2 Å². The maximum Gasteiger partial charge on any atom is 0.240 e. The highest BCUT2D eigenvalue weighted by Gasteiger charge is 2.25. The molecule has 1 saturated carbocycles. The van der Waals surface area contributed by atoms with Crippen LogP contribution in [0, 0.1) is 5.92 Å². The van der Waals surface area contributed by atoms with E-state index in [1.54, 1.807) is 0 Å². The topological polar surface area (TPSA) is 105 Å². The molecule has 0 aromatic carbocycles. The molecule has 0 unspecified atom stereocenters. The van der Waals surface area contributed by atoms with Crippen LogP contribution in [0.25, 0.3) is 0 Å². The summed E-state index contributed by atoms with van der Waals surface area (Å²) in [6.07, 6.45) is 3.49. The first-order chi connectivity index (χ1) is 7.39. The van der Waals surface area contributed by atoms with Crippen molar-refractivity contribution >= 4 is 16.0 Å². The van der Waals surface area contributed by atoms with Gasteiger partial charge in [-0.2, -0.15) is 0 Å². The van der Waals surface area contributed by atoms with Gasteiger partial charge in [-0.1, -0.05) is 0 Å². The smallest absolute Gasteiger partial charge is 0.240 e. The van der Waals surface area contributed by atoms with Crippen molar-refractivity contribution in [2.75, 3.05) is 0 Å². The zero-order valence-corrected chi connectivity index (χ0v) is 9.24. The molecule has 1 fully saturated rings. The minimum atomic E-state index is -4.01. The summed E-state index contributed by atoms with van der Waals surface area (Å²) in [5.41, 5.74) is -0.352. The van der Waals surface area contributed by atoms with Crippen molar-refractivity contribution in [3.05, 3.63) is 18.0 Å². The Kier molecular flexibility index (Phi) is 2.51. The maximum atomic E-state index is 11.1. The number of aromatic nitrogens is 1. The molecule has 0 aliphatic heterocycles. The summed E-state index contributed by atoms with van der Waals surface area (Å²) in [5.74, 6) is -1.09. The van der Waals surface area contributed by atoms with E-state index in [4.69, 9.17) is 5.14 Å². The molecule has 6 nitrogen and oxygen atoms in total. The molecule has 0 radical (unpaired) electrons. The first kappa shape index (κ1) is 11.2. The average molecular weight is 243 g/mol. The predicted octanol–water partition coefficient (Wildman–Crippen LogP) is -1.09. The summed E-state index contributed by atoms with van der Waals surface area (Å²) in [4.78, 5) is 10.5. The van der Waals surface area contributed by atoms with E-state index in [9.17, 15) is 18.3 Å². The van der Waals surface area contributed by atoms with Gasteiger partial charge < -0.3 is 14.5 Å². The highest BCUT2D eigenvalue weighted by atomic mass is 32.2. The minimum absolute atomic E-state index is 0.352. The van der Waals surface area contributed by atoms with E-state index in [2.05, 4.69) is 0 Å². The summed E-state index contributed by atoms with van der Waals surface area (Å²) in [6, 6.07) is 1.20. The van der Waals surface area contributed by atoms with Gasteiger partial charge in [0.1, 0.15) is 4.90 Å². The van der Waals surface area contributed by atoms with Crippen molar-refractivity contribution in [1.82, 2.24) is 4.57 Å². The lowest BCUT2D eigenvalue weighted by Gasteiger charge is -2.10. The van der Waals surface area contributed by atoms with Crippen molar-refractivity contribution in [3.8, 4) is 0 Å². The van der Waals surface area contributed by atoms with E-state index >= 15 is 0 Å². The van der Waals surface area contributed by atoms with Crippen molar-refractivity contribution in [2.24, 2.45) is 11.1 Å².